The highest BCUT2D eigenvalue weighted by Crippen LogP contribution is 2.29. The standard InChI is InChI=1S/C18H21NO3/c1-4-5-9-13(2)17(20)19-16(12-22-18(19)21)14(3)15-10-7-6-8-11-15/h6-8,10-11,13-14,16H,9,12H2,1-3H3. The normalized spacial score (nSPS) is 19.9. The van der Waals surface area contributed by atoms with Crippen LogP contribution in [0.25, 0.3) is 0 Å². The third-order valence-corrected chi connectivity index (χ3v) is 4.05. The number of benzene rings is 1. The molecule has 4 heteroatoms. The van der Waals surface area contributed by atoms with E-state index < -0.39 is 6.09 Å². The summed E-state index contributed by atoms with van der Waals surface area (Å²) >= 11 is 0. The van der Waals surface area contributed by atoms with Gasteiger partial charge in [0.25, 0.3) is 0 Å². The van der Waals surface area contributed by atoms with E-state index in [2.05, 4.69) is 11.8 Å². The Kier molecular flexibility index (Phi) is 5.21. The van der Waals surface area contributed by atoms with Crippen LogP contribution in [0.5, 0.6) is 0 Å². The van der Waals surface area contributed by atoms with E-state index in [1.54, 1.807) is 13.8 Å². The molecule has 116 valence electrons. The van der Waals surface area contributed by atoms with Crippen molar-refractivity contribution < 1.29 is 14.3 Å². The number of nitrogens with zero attached hydrogens (tertiary/aromatic N) is 1. The topological polar surface area (TPSA) is 46.6 Å². The molecule has 0 bridgehead atoms. The summed E-state index contributed by atoms with van der Waals surface area (Å²) in [5.74, 6) is 5.17. The van der Waals surface area contributed by atoms with Crippen LogP contribution >= 0.6 is 0 Å². The minimum absolute atomic E-state index is 0.0288. The van der Waals surface area contributed by atoms with Crippen LogP contribution < -0.4 is 0 Å². The highest BCUT2D eigenvalue weighted by Gasteiger charge is 2.42. The highest BCUT2D eigenvalue weighted by molar-refractivity contribution is 5.94. The summed E-state index contributed by atoms with van der Waals surface area (Å²) in [7, 11) is 0. The number of amides is 2. The van der Waals surface area contributed by atoms with Crippen molar-refractivity contribution in [3.8, 4) is 11.8 Å². The second-order valence-electron chi connectivity index (χ2n) is 5.58. The molecule has 3 unspecified atom stereocenters. The molecule has 1 aromatic carbocycles. The predicted molar refractivity (Wildman–Crippen MR) is 84.1 cm³/mol. The van der Waals surface area contributed by atoms with Crippen molar-refractivity contribution in [1.29, 1.82) is 0 Å². The Bertz CT molecular complexity index is 600. The van der Waals surface area contributed by atoms with Gasteiger partial charge in [-0.15, -0.1) is 11.8 Å². The van der Waals surface area contributed by atoms with Crippen LogP contribution in [0, 0.1) is 17.8 Å². The van der Waals surface area contributed by atoms with Crippen LogP contribution in [-0.2, 0) is 9.53 Å². The zero-order chi connectivity index (χ0) is 16.1. The number of cyclic esters (lactones) is 1. The summed E-state index contributed by atoms with van der Waals surface area (Å²) in [5.41, 5.74) is 1.09. The van der Waals surface area contributed by atoms with E-state index in [-0.39, 0.29) is 30.4 Å². The van der Waals surface area contributed by atoms with Crippen molar-refractivity contribution in [2.24, 2.45) is 5.92 Å². The number of rotatable bonds is 4. The van der Waals surface area contributed by atoms with Gasteiger partial charge in [0, 0.05) is 18.3 Å². The Morgan fingerprint density at radius 1 is 1.36 bits per heavy atom. The lowest BCUT2D eigenvalue weighted by Gasteiger charge is -2.27. The predicted octanol–water partition coefficient (Wildman–Crippen LogP) is 3.19. The molecule has 4 nitrogen and oxygen atoms in total. The molecule has 1 heterocycles. The first-order chi connectivity index (χ1) is 10.6. The van der Waals surface area contributed by atoms with Gasteiger partial charge < -0.3 is 4.74 Å². The van der Waals surface area contributed by atoms with Gasteiger partial charge in [-0.3, -0.25) is 4.79 Å². The molecule has 0 aromatic heterocycles. The van der Waals surface area contributed by atoms with Crippen molar-refractivity contribution in [3.05, 3.63) is 35.9 Å². The summed E-state index contributed by atoms with van der Waals surface area (Å²) in [6, 6.07) is 9.59. The van der Waals surface area contributed by atoms with E-state index in [0.717, 1.165) is 5.56 Å². The van der Waals surface area contributed by atoms with Crippen molar-refractivity contribution in [3.63, 3.8) is 0 Å². The Morgan fingerprint density at radius 2 is 2.05 bits per heavy atom. The molecule has 3 atom stereocenters. The van der Waals surface area contributed by atoms with Crippen molar-refractivity contribution in [1.82, 2.24) is 4.90 Å². The molecule has 0 spiro atoms. The number of hydrogen-bond acceptors (Lipinski definition) is 3. The maximum atomic E-state index is 12.6. The second-order valence-corrected chi connectivity index (χ2v) is 5.58. The van der Waals surface area contributed by atoms with Gasteiger partial charge >= 0.3 is 6.09 Å². The Balaban J connectivity index is 2.18. The van der Waals surface area contributed by atoms with Crippen LogP contribution in [0.2, 0.25) is 0 Å². The van der Waals surface area contributed by atoms with Crippen LogP contribution in [0.3, 0.4) is 0 Å². The van der Waals surface area contributed by atoms with E-state index in [9.17, 15) is 9.59 Å². The first kappa shape index (κ1) is 16.1. The minimum atomic E-state index is -0.547. The zero-order valence-corrected chi connectivity index (χ0v) is 13.2. The summed E-state index contributed by atoms with van der Waals surface area (Å²) in [6.07, 6.45) is -0.0972. The van der Waals surface area contributed by atoms with Gasteiger partial charge in [-0.25, -0.2) is 9.69 Å². The molecule has 2 rings (SSSR count). The SMILES string of the molecule is CC#CCC(C)C(=O)N1C(=O)OCC1C(C)c1ccccc1. The van der Waals surface area contributed by atoms with Crippen molar-refractivity contribution >= 4 is 12.0 Å². The molecular weight excluding hydrogens is 278 g/mol. The van der Waals surface area contributed by atoms with E-state index in [1.807, 2.05) is 37.3 Å². The average molecular weight is 299 g/mol. The Labute approximate surface area is 131 Å². The molecule has 0 aliphatic carbocycles. The molecular formula is C18H21NO3. The number of imide groups is 1. The fourth-order valence-electron chi connectivity index (χ4n) is 2.62. The van der Waals surface area contributed by atoms with Crippen LogP contribution in [0.4, 0.5) is 4.79 Å². The average Bonchev–Trinajstić information content (AvgIpc) is 2.93. The maximum absolute atomic E-state index is 12.6. The molecule has 1 aromatic rings. The maximum Gasteiger partial charge on any atom is 0.417 e. The van der Waals surface area contributed by atoms with Gasteiger partial charge in [0.15, 0.2) is 0 Å². The highest BCUT2D eigenvalue weighted by atomic mass is 16.6. The zero-order valence-electron chi connectivity index (χ0n) is 13.2. The third kappa shape index (κ3) is 3.30. The first-order valence-electron chi connectivity index (χ1n) is 7.50. The number of carbonyl (C=O) groups is 2. The molecule has 1 fully saturated rings. The number of hydrogen-bond donors (Lipinski definition) is 0. The smallest absolute Gasteiger partial charge is 0.417 e. The van der Waals surface area contributed by atoms with Crippen LogP contribution in [0.1, 0.15) is 38.7 Å². The van der Waals surface area contributed by atoms with E-state index in [1.165, 1.54) is 4.90 Å². The summed E-state index contributed by atoms with van der Waals surface area (Å²) < 4.78 is 5.13. The molecule has 0 radical (unpaired) electrons. The quantitative estimate of drug-likeness (QED) is 0.802. The largest absolute Gasteiger partial charge is 0.447 e. The van der Waals surface area contributed by atoms with Crippen LogP contribution in [-0.4, -0.2) is 29.5 Å². The lowest BCUT2D eigenvalue weighted by atomic mass is 9.92. The van der Waals surface area contributed by atoms with E-state index >= 15 is 0 Å². The number of ether oxygens (including phenoxy) is 1. The fourth-order valence-corrected chi connectivity index (χ4v) is 2.62. The van der Waals surface area contributed by atoms with E-state index in [4.69, 9.17) is 4.74 Å². The fraction of sp³-hybridized carbons (Fsp3) is 0.444. The van der Waals surface area contributed by atoms with Crippen LogP contribution in [0.15, 0.2) is 30.3 Å². The molecule has 1 aliphatic rings. The molecule has 0 saturated carbocycles. The van der Waals surface area contributed by atoms with Crippen molar-refractivity contribution in [2.75, 3.05) is 6.61 Å². The molecule has 1 saturated heterocycles. The molecule has 1 aliphatic heterocycles. The number of carbonyl (C=O) groups excluding carboxylic acids is 2. The molecule has 22 heavy (non-hydrogen) atoms. The summed E-state index contributed by atoms with van der Waals surface area (Å²) in [5, 5.41) is 0. The Hall–Kier alpha value is -2.28. The molecule has 0 N–H and O–H groups in total. The summed E-state index contributed by atoms with van der Waals surface area (Å²) in [6.45, 7) is 5.79. The monoisotopic (exact) mass is 299 g/mol. The van der Waals surface area contributed by atoms with Gasteiger partial charge in [0.05, 0.1) is 6.04 Å². The Morgan fingerprint density at radius 3 is 2.68 bits per heavy atom. The first-order valence-corrected chi connectivity index (χ1v) is 7.50. The van der Waals surface area contributed by atoms with Gasteiger partial charge in [-0.2, -0.15) is 0 Å². The summed E-state index contributed by atoms with van der Waals surface area (Å²) in [4.78, 5) is 25.8. The van der Waals surface area contributed by atoms with Crippen molar-refractivity contribution in [2.45, 2.75) is 39.2 Å². The second kappa shape index (κ2) is 7.13. The lowest BCUT2D eigenvalue weighted by Crippen LogP contribution is -2.44. The third-order valence-electron chi connectivity index (χ3n) is 4.05. The van der Waals surface area contributed by atoms with Gasteiger partial charge in [0.1, 0.15) is 6.61 Å². The van der Waals surface area contributed by atoms with Gasteiger partial charge in [-0.05, 0) is 12.5 Å². The minimum Gasteiger partial charge on any atom is -0.447 e. The van der Waals surface area contributed by atoms with Gasteiger partial charge in [-0.1, -0.05) is 44.2 Å². The van der Waals surface area contributed by atoms with E-state index in [0.29, 0.717) is 6.42 Å². The lowest BCUT2D eigenvalue weighted by molar-refractivity contribution is -0.133. The molecule has 2 amide bonds. The van der Waals surface area contributed by atoms with Gasteiger partial charge in [0.2, 0.25) is 5.91 Å².